The van der Waals surface area contributed by atoms with Crippen LogP contribution in [-0.2, 0) is 16.1 Å². The van der Waals surface area contributed by atoms with E-state index in [1.54, 1.807) is 7.11 Å². The van der Waals surface area contributed by atoms with Crippen LogP contribution < -0.4 is 10.6 Å². The molecule has 1 aromatic rings. The average Bonchev–Trinajstić information content (AvgIpc) is 2.60. The number of likely N-dealkylation sites (tertiary alicyclic amines) is 1. The number of hydrogen-bond acceptors (Lipinski definition) is 4. The molecule has 25 heavy (non-hydrogen) atoms. The molecule has 0 saturated carbocycles. The Bertz CT molecular complexity index is 542. The molecule has 1 aromatic carbocycles. The van der Waals surface area contributed by atoms with Crippen LogP contribution in [0.2, 0.25) is 0 Å². The lowest BCUT2D eigenvalue weighted by Crippen LogP contribution is -2.44. The van der Waals surface area contributed by atoms with Gasteiger partial charge in [-0.25, -0.2) is 4.79 Å². The minimum Gasteiger partial charge on any atom is -0.382 e. The van der Waals surface area contributed by atoms with E-state index in [1.165, 1.54) is 0 Å². The summed E-state index contributed by atoms with van der Waals surface area (Å²) in [5.41, 5.74) is 1.98. The van der Waals surface area contributed by atoms with Crippen molar-refractivity contribution in [3.63, 3.8) is 0 Å². The lowest BCUT2D eigenvalue weighted by atomic mass is 9.80. The predicted molar refractivity (Wildman–Crippen MR) is 99.8 cm³/mol. The summed E-state index contributed by atoms with van der Waals surface area (Å²) < 4.78 is 10.5. The van der Waals surface area contributed by atoms with Crippen molar-refractivity contribution in [1.82, 2.24) is 10.2 Å². The Labute approximate surface area is 150 Å². The van der Waals surface area contributed by atoms with Gasteiger partial charge in [-0.1, -0.05) is 19.1 Å². The quantitative estimate of drug-likeness (QED) is 0.709. The first kappa shape index (κ1) is 19.7. The maximum absolute atomic E-state index is 12.2. The predicted octanol–water partition coefficient (Wildman–Crippen LogP) is 2.70. The van der Waals surface area contributed by atoms with E-state index >= 15 is 0 Å². The zero-order valence-corrected chi connectivity index (χ0v) is 15.6. The molecule has 0 atom stereocenters. The van der Waals surface area contributed by atoms with Gasteiger partial charge in [-0.05, 0) is 56.1 Å². The standard InChI is InChI=1S/C19H31N3O3/c1-19(7-9-22(2)10-8-19)15-20-18(23)21-17-6-4-5-16(13-17)14-25-12-11-24-3/h4-6,13H,7-12,14-15H2,1-3H3,(H2,20,21,23). The zero-order chi connectivity index (χ0) is 18.1. The van der Waals surface area contributed by atoms with Gasteiger partial charge in [0.25, 0.3) is 0 Å². The van der Waals surface area contributed by atoms with Gasteiger partial charge >= 0.3 is 6.03 Å². The maximum atomic E-state index is 12.2. The lowest BCUT2D eigenvalue weighted by Gasteiger charge is -2.37. The van der Waals surface area contributed by atoms with E-state index in [1.807, 2.05) is 24.3 Å². The molecule has 2 N–H and O–H groups in total. The van der Waals surface area contributed by atoms with Crippen LogP contribution in [0.15, 0.2) is 24.3 Å². The van der Waals surface area contributed by atoms with Gasteiger partial charge in [-0.15, -0.1) is 0 Å². The second kappa shape index (κ2) is 9.75. The van der Waals surface area contributed by atoms with Crippen molar-refractivity contribution < 1.29 is 14.3 Å². The molecule has 6 heteroatoms. The molecule has 140 valence electrons. The Hall–Kier alpha value is -1.63. The van der Waals surface area contributed by atoms with Gasteiger partial charge in [0.15, 0.2) is 0 Å². The summed E-state index contributed by atoms with van der Waals surface area (Å²) in [6.07, 6.45) is 2.22. The topological polar surface area (TPSA) is 62.8 Å². The van der Waals surface area contributed by atoms with E-state index in [0.29, 0.717) is 26.4 Å². The molecule has 0 unspecified atom stereocenters. The van der Waals surface area contributed by atoms with Crippen LogP contribution in [0.5, 0.6) is 0 Å². The fraction of sp³-hybridized carbons (Fsp3) is 0.632. The Morgan fingerprint density at radius 1 is 1.28 bits per heavy atom. The van der Waals surface area contributed by atoms with Crippen molar-refractivity contribution in [2.24, 2.45) is 5.41 Å². The molecule has 0 aromatic heterocycles. The normalized spacial score (nSPS) is 17.2. The molecule has 2 amide bonds. The highest BCUT2D eigenvalue weighted by molar-refractivity contribution is 5.89. The molecule has 0 radical (unpaired) electrons. The average molecular weight is 349 g/mol. The number of anilines is 1. The molecule has 0 spiro atoms. The monoisotopic (exact) mass is 349 g/mol. The van der Waals surface area contributed by atoms with E-state index in [9.17, 15) is 4.79 Å². The van der Waals surface area contributed by atoms with Crippen LogP contribution in [-0.4, -0.2) is 57.9 Å². The van der Waals surface area contributed by atoms with Crippen molar-refractivity contribution in [3.8, 4) is 0 Å². The van der Waals surface area contributed by atoms with Crippen LogP contribution in [0.4, 0.5) is 10.5 Å². The summed E-state index contributed by atoms with van der Waals surface area (Å²) in [6.45, 7) is 6.77. The molecular formula is C19H31N3O3. The third-order valence-electron chi connectivity index (χ3n) is 4.76. The minimum absolute atomic E-state index is 0.155. The van der Waals surface area contributed by atoms with Crippen molar-refractivity contribution >= 4 is 11.7 Å². The molecule has 0 aliphatic carbocycles. The number of amides is 2. The molecule has 1 fully saturated rings. The molecule has 6 nitrogen and oxygen atoms in total. The van der Waals surface area contributed by atoms with Gasteiger partial charge in [0.1, 0.15) is 0 Å². The van der Waals surface area contributed by atoms with Crippen molar-refractivity contribution in [2.45, 2.75) is 26.4 Å². The number of rotatable bonds is 8. The Morgan fingerprint density at radius 2 is 2.04 bits per heavy atom. The summed E-state index contributed by atoms with van der Waals surface area (Å²) in [6, 6.07) is 7.56. The fourth-order valence-electron chi connectivity index (χ4n) is 2.88. The van der Waals surface area contributed by atoms with E-state index < -0.39 is 0 Å². The summed E-state index contributed by atoms with van der Waals surface area (Å²) >= 11 is 0. The smallest absolute Gasteiger partial charge is 0.319 e. The van der Waals surface area contributed by atoms with Crippen molar-refractivity contribution in [3.05, 3.63) is 29.8 Å². The first-order chi connectivity index (χ1) is 12.0. The summed E-state index contributed by atoms with van der Waals surface area (Å²) in [4.78, 5) is 14.5. The summed E-state index contributed by atoms with van der Waals surface area (Å²) in [7, 11) is 3.80. The fourth-order valence-corrected chi connectivity index (χ4v) is 2.88. The largest absolute Gasteiger partial charge is 0.382 e. The van der Waals surface area contributed by atoms with Gasteiger partial charge in [-0.3, -0.25) is 0 Å². The minimum atomic E-state index is -0.155. The van der Waals surface area contributed by atoms with Crippen LogP contribution >= 0.6 is 0 Å². The van der Waals surface area contributed by atoms with E-state index in [-0.39, 0.29) is 11.4 Å². The molecule has 1 aliphatic rings. The summed E-state index contributed by atoms with van der Waals surface area (Å²) in [5, 5.41) is 5.93. The molecule has 0 bridgehead atoms. The van der Waals surface area contributed by atoms with Crippen LogP contribution in [0, 0.1) is 5.41 Å². The highest BCUT2D eigenvalue weighted by Crippen LogP contribution is 2.29. The number of benzene rings is 1. The van der Waals surface area contributed by atoms with Crippen LogP contribution in [0.1, 0.15) is 25.3 Å². The Kier molecular flexibility index (Phi) is 7.68. The van der Waals surface area contributed by atoms with Gasteiger partial charge in [0, 0.05) is 19.3 Å². The van der Waals surface area contributed by atoms with Gasteiger partial charge in [-0.2, -0.15) is 0 Å². The maximum Gasteiger partial charge on any atom is 0.319 e. The van der Waals surface area contributed by atoms with Gasteiger partial charge < -0.3 is 25.0 Å². The molecule has 2 rings (SSSR count). The zero-order valence-electron chi connectivity index (χ0n) is 15.6. The summed E-state index contributed by atoms with van der Waals surface area (Å²) in [5.74, 6) is 0. The number of carbonyl (C=O) groups excluding carboxylic acids is 1. The number of methoxy groups -OCH3 is 1. The molecule has 1 saturated heterocycles. The van der Waals surface area contributed by atoms with Crippen LogP contribution in [0.25, 0.3) is 0 Å². The second-order valence-electron chi connectivity index (χ2n) is 7.17. The third-order valence-corrected chi connectivity index (χ3v) is 4.76. The first-order valence-corrected chi connectivity index (χ1v) is 8.90. The van der Waals surface area contributed by atoms with Crippen molar-refractivity contribution in [1.29, 1.82) is 0 Å². The number of piperidine rings is 1. The first-order valence-electron chi connectivity index (χ1n) is 8.90. The van der Waals surface area contributed by atoms with Crippen LogP contribution in [0.3, 0.4) is 0 Å². The highest BCUT2D eigenvalue weighted by Gasteiger charge is 2.29. The SMILES string of the molecule is COCCOCc1cccc(NC(=O)NCC2(C)CCN(C)CC2)c1. The van der Waals surface area contributed by atoms with E-state index in [4.69, 9.17) is 9.47 Å². The van der Waals surface area contributed by atoms with E-state index in [2.05, 4.69) is 29.5 Å². The number of carbonyl (C=O) groups is 1. The Balaban J connectivity index is 1.76. The molecular weight excluding hydrogens is 318 g/mol. The number of nitrogens with one attached hydrogen (secondary N) is 2. The lowest BCUT2D eigenvalue weighted by molar-refractivity contribution is 0.0617. The number of hydrogen-bond donors (Lipinski definition) is 2. The van der Waals surface area contributed by atoms with E-state index in [0.717, 1.165) is 37.2 Å². The number of nitrogens with zero attached hydrogens (tertiary/aromatic N) is 1. The van der Waals surface area contributed by atoms with Crippen molar-refractivity contribution in [2.75, 3.05) is 52.3 Å². The highest BCUT2D eigenvalue weighted by atomic mass is 16.5. The third kappa shape index (κ3) is 7.02. The number of urea groups is 1. The van der Waals surface area contributed by atoms with Gasteiger partial charge in [0.05, 0.1) is 19.8 Å². The second-order valence-corrected chi connectivity index (χ2v) is 7.17. The Morgan fingerprint density at radius 3 is 2.76 bits per heavy atom. The molecule has 1 aliphatic heterocycles. The molecule has 1 heterocycles. The van der Waals surface area contributed by atoms with Gasteiger partial charge in [0.2, 0.25) is 0 Å². The number of ether oxygens (including phenoxy) is 2.